The van der Waals surface area contributed by atoms with Crippen molar-refractivity contribution in [3.8, 4) is 0 Å². The maximum absolute atomic E-state index is 5.53. The summed E-state index contributed by atoms with van der Waals surface area (Å²) in [5.74, 6) is 6.96. The molecule has 0 spiro atoms. The lowest BCUT2D eigenvalue weighted by atomic mass is 10.0. The van der Waals surface area contributed by atoms with Gasteiger partial charge in [-0.3, -0.25) is 10.4 Å². The van der Waals surface area contributed by atoms with E-state index in [0.29, 0.717) is 12.0 Å². The zero-order valence-corrected chi connectivity index (χ0v) is 10.2. The van der Waals surface area contributed by atoms with Crippen LogP contribution in [0.25, 0.3) is 0 Å². The second kappa shape index (κ2) is 5.95. The van der Waals surface area contributed by atoms with Gasteiger partial charge in [-0.15, -0.1) is 0 Å². The fourth-order valence-corrected chi connectivity index (χ4v) is 1.90. The van der Waals surface area contributed by atoms with Crippen LogP contribution in [0.4, 0.5) is 0 Å². The highest BCUT2D eigenvalue weighted by Crippen LogP contribution is 2.16. The minimum Gasteiger partial charge on any atom is -0.339 e. The van der Waals surface area contributed by atoms with Crippen LogP contribution in [-0.4, -0.2) is 30.0 Å². The molecule has 1 aliphatic heterocycles. The summed E-state index contributed by atoms with van der Waals surface area (Å²) in [5.41, 5.74) is 2.73. The number of nitrogens with two attached hydrogens (primary N) is 1. The predicted octanol–water partition coefficient (Wildman–Crippen LogP) is 1.34. The average molecular weight is 212 g/mol. The lowest BCUT2D eigenvalue weighted by molar-refractivity contribution is 0.250. The molecular formula is C11H24N4. The highest BCUT2D eigenvalue weighted by atomic mass is 15.4. The number of nitrogens with zero attached hydrogens (tertiary/aromatic N) is 2. The van der Waals surface area contributed by atoms with Crippen LogP contribution in [0.5, 0.6) is 0 Å². The fourth-order valence-electron chi connectivity index (χ4n) is 1.90. The molecule has 88 valence electrons. The number of nitrogens with one attached hydrogen (secondary N) is 1. The summed E-state index contributed by atoms with van der Waals surface area (Å²) in [5, 5.41) is 0. The molecule has 0 saturated carbocycles. The fraction of sp³-hybridized carbons (Fsp3) is 0.909. The second-order valence-electron chi connectivity index (χ2n) is 4.74. The first kappa shape index (κ1) is 12.3. The van der Waals surface area contributed by atoms with Crippen molar-refractivity contribution in [3.63, 3.8) is 0 Å². The number of hydrogen-bond acceptors (Lipinski definition) is 2. The van der Waals surface area contributed by atoms with Gasteiger partial charge in [0.1, 0.15) is 0 Å². The molecular weight excluding hydrogens is 188 g/mol. The highest BCUT2D eigenvalue weighted by Gasteiger charge is 2.20. The highest BCUT2D eigenvalue weighted by molar-refractivity contribution is 5.79. The third kappa shape index (κ3) is 3.70. The van der Waals surface area contributed by atoms with Gasteiger partial charge in [-0.2, -0.15) is 0 Å². The van der Waals surface area contributed by atoms with Gasteiger partial charge in [-0.25, -0.2) is 5.84 Å². The topological polar surface area (TPSA) is 53.6 Å². The zero-order chi connectivity index (χ0) is 11.3. The van der Waals surface area contributed by atoms with Crippen molar-refractivity contribution in [1.82, 2.24) is 10.3 Å². The Balaban J connectivity index is 2.59. The Labute approximate surface area is 92.9 Å². The molecule has 0 amide bonds. The first-order valence-corrected chi connectivity index (χ1v) is 5.93. The van der Waals surface area contributed by atoms with Gasteiger partial charge in [0.2, 0.25) is 5.96 Å². The van der Waals surface area contributed by atoms with E-state index in [1.165, 1.54) is 19.3 Å². The van der Waals surface area contributed by atoms with Crippen molar-refractivity contribution in [2.75, 3.05) is 13.1 Å². The van der Waals surface area contributed by atoms with E-state index in [1.807, 2.05) is 0 Å². The first-order chi connectivity index (χ1) is 7.15. The van der Waals surface area contributed by atoms with Gasteiger partial charge in [0.25, 0.3) is 0 Å². The zero-order valence-electron chi connectivity index (χ0n) is 10.2. The molecule has 1 rings (SSSR count). The van der Waals surface area contributed by atoms with E-state index >= 15 is 0 Å². The normalized spacial score (nSPS) is 23.4. The Morgan fingerprint density at radius 1 is 1.53 bits per heavy atom. The van der Waals surface area contributed by atoms with Crippen molar-refractivity contribution in [2.45, 2.75) is 46.1 Å². The number of likely N-dealkylation sites (tertiary alicyclic amines) is 1. The lowest BCUT2D eigenvalue weighted by Crippen LogP contribution is -2.50. The summed E-state index contributed by atoms with van der Waals surface area (Å²) in [6, 6.07) is 0.556. The molecule has 4 heteroatoms. The van der Waals surface area contributed by atoms with Crippen LogP contribution < -0.4 is 11.3 Å². The molecule has 1 atom stereocenters. The molecule has 1 unspecified atom stereocenters. The van der Waals surface area contributed by atoms with Crippen molar-refractivity contribution < 1.29 is 0 Å². The van der Waals surface area contributed by atoms with E-state index in [1.54, 1.807) is 0 Å². The maximum Gasteiger partial charge on any atom is 0.208 e. The molecule has 15 heavy (non-hydrogen) atoms. The average Bonchev–Trinajstić information content (AvgIpc) is 2.21. The van der Waals surface area contributed by atoms with E-state index < -0.39 is 0 Å². The number of piperidine rings is 1. The van der Waals surface area contributed by atoms with Crippen LogP contribution in [0.15, 0.2) is 4.99 Å². The summed E-state index contributed by atoms with van der Waals surface area (Å²) in [7, 11) is 0. The molecule has 1 heterocycles. The van der Waals surface area contributed by atoms with Gasteiger partial charge in [0.15, 0.2) is 0 Å². The third-order valence-electron chi connectivity index (χ3n) is 2.81. The molecule has 0 aliphatic carbocycles. The van der Waals surface area contributed by atoms with Gasteiger partial charge < -0.3 is 4.90 Å². The number of aliphatic imine (C=N–C) groups is 1. The molecule has 1 saturated heterocycles. The van der Waals surface area contributed by atoms with E-state index in [0.717, 1.165) is 19.0 Å². The molecule has 0 radical (unpaired) electrons. The molecule has 3 N–H and O–H groups in total. The van der Waals surface area contributed by atoms with Crippen molar-refractivity contribution >= 4 is 5.96 Å². The summed E-state index contributed by atoms with van der Waals surface area (Å²) in [4.78, 5) is 6.81. The van der Waals surface area contributed by atoms with Gasteiger partial charge >= 0.3 is 0 Å². The lowest BCUT2D eigenvalue weighted by Gasteiger charge is -2.35. The van der Waals surface area contributed by atoms with Gasteiger partial charge in [0.05, 0.1) is 0 Å². The van der Waals surface area contributed by atoms with E-state index in [9.17, 15) is 0 Å². The minimum absolute atomic E-state index is 0.556. The SMILES string of the molecule is CC(C)CN=C(NN)N1CCCCC1C. The van der Waals surface area contributed by atoms with Crippen LogP contribution in [0.3, 0.4) is 0 Å². The van der Waals surface area contributed by atoms with Gasteiger partial charge in [-0.05, 0) is 32.1 Å². The van der Waals surface area contributed by atoms with Crippen molar-refractivity contribution in [1.29, 1.82) is 0 Å². The number of rotatable bonds is 2. The van der Waals surface area contributed by atoms with E-state index in [2.05, 4.69) is 36.1 Å². The summed E-state index contributed by atoms with van der Waals surface area (Å²) >= 11 is 0. The van der Waals surface area contributed by atoms with E-state index in [-0.39, 0.29) is 0 Å². The molecule has 4 nitrogen and oxygen atoms in total. The summed E-state index contributed by atoms with van der Waals surface area (Å²) in [6.45, 7) is 8.47. The summed E-state index contributed by atoms with van der Waals surface area (Å²) in [6.07, 6.45) is 3.80. The number of hydrogen-bond donors (Lipinski definition) is 2. The quantitative estimate of drug-likeness (QED) is 0.314. The molecule has 1 aliphatic rings. The molecule has 0 aromatic carbocycles. The number of guanidine groups is 1. The number of hydrazine groups is 1. The Kier molecular flexibility index (Phi) is 4.88. The third-order valence-corrected chi connectivity index (χ3v) is 2.81. The van der Waals surface area contributed by atoms with Crippen LogP contribution in [-0.2, 0) is 0 Å². The van der Waals surface area contributed by atoms with Crippen molar-refractivity contribution in [2.24, 2.45) is 16.8 Å². The molecule has 0 aromatic heterocycles. The Morgan fingerprint density at radius 3 is 2.80 bits per heavy atom. The maximum atomic E-state index is 5.53. The monoisotopic (exact) mass is 212 g/mol. The second-order valence-corrected chi connectivity index (χ2v) is 4.74. The standard InChI is InChI=1S/C11H24N4/c1-9(2)8-13-11(14-12)15-7-5-4-6-10(15)3/h9-10H,4-8,12H2,1-3H3,(H,13,14). The smallest absolute Gasteiger partial charge is 0.208 e. The largest absolute Gasteiger partial charge is 0.339 e. The first-order valence-electron chi connectivity index (χ1n) is 5.93. The van der Waals surface area contributed by atoms with Crippen LogP contribution in [0, 0.1) is 5.92 Å². The van der Waals surface area contributed by atoms with Crippen LogP contribution >= 0.6 is 0 Å². The minimum atomic E-state index is 0.556. The van der Waals surface area contributed by atoms with E-state index in [4.69, 9.17) is 5.84 Å². The molecule has 1 fully saturated rings. The van der Waals surface area contributed by atoms with Crippen LogP contribution in [0.1, 0.15) is 40.0 Å². The van der Waals surface area contributed by atoms with Gasteiger partial charge in [0, 0.05) is 19.1 Å². The predicted molar refractivity (Wildman–Crippen MR) is 64.5 cm³/mol. The Hall–Kier alpha value is -0.770. The molecule has 0 aromatic rings. The molecule has 0 bridgehead atoms. The Morgan fingerprint density at radius 2 is 2.27 bits per heavy atom. The van der Waals surface area contributed by atoms with Crippen LogP contribution in [0.2, 0.25) is 0 Å². The van der Waals surface area contributed by atoms with Crippen molar-refractivity contribution in [3.05, 3.63) is 0 Å². The van der Waals surface area contributed by atoms with Gasteiger partial charge in [-0.1, -0.05) is 13.8 Å². The summed E-state index contributed by atoms with van der Waals surface area (Å²) < 4.78 is 0. The Bertz CT molecular complexity index is 213.